The number of halogens is 1. The van der Waals surface area contributed by atoms with E-state index in [9.17, 15) is 4.79 Å². The van der Waals surface area contributed by atoms with E-state index in [1.165, 1.54) is 0 Å². The smallest absolute Gasteiger partial charge is 0.203 e. The van der Waals surface area contributed by atoms with Crippen LogP contribution < -0.4 is 0 Å². The van der Waals surface area contributed by atoms with Gasteiger partial charge in [0.05, 0.1) is 0 Å². The van der Waals surface area contributed by atoms with Crippen LogP contribution in [-0.4, -0.2) is 20.1 Å². The largest absolute Gasteiger partial charge is 0.291 e. The van der Waals surface area contributed by atoms with Gasteiger partial charge in [0.15, 0.2) is 11.6 Å². The Hall–Kier alpha value is -3.61. The molecule has 1 heterocycles. The van der Waals surface area contributed by atoms with Crippen LogP contribution in [0.4, 0.5) is 0 Å². The summed E-state index contributed by atoms with van der Waals surface area (Å²) in [5.41, 5.74) is 3.21. The molecule has 6 heteroatoms. The highest BCUT2D eigenvalue weighted by atomic mass is 79.9. The van der Waals surface area contributed by atoms with Crippen molar-refractivity contribution in [3.8, 4) is 17.1 Å². The van der Waals surface area contributed by atoms with E-state index < -0.39 is 6.04 Å². The predicted molar refractivity (Wildman–Crippen MR) is 141 cm³/mol. The minimum absolute atomic E-state index is 0.0681. The van der Waals surface area contributed by atoms with Gasteiger partial charge in [-0.25, -0.2) is 4.68 Å². The second-order valence-electron chi connectivity index (χ2n) is 7.78. The van der Waals surface area contributed by atoms with Crippen LogP contribution in [-0.2, 0) is 0 Å². The van der Waals surface area contributed by atoms with Crippen molar-refractivity contribution in [2.45, 2.75) is 6.04 Å². The number of carbonyl (C=O) groups is 1. The predicted octanol–water partition coefficient (Wildman–Crippen LogP) is 7.31. The molecule has 0 radical (unpaired) electrons. The first-order valence-corrected chi connectivity index (χ1v) is 12.0. The fourth-order valence-corrected chi connectivity index (χ4v) is 4.71. The molecule has 0 bridgehead atoms. The summed E-state index contributed by atoms with van der Waals surface area (Å²) in [5, 5.41) is 4.95. The molecule has 166 valence electrons. The van der Waals surface area contributed by atoms with Crippen LogP contribution in [0.2, 0.25) is 0 Å². The number of rotatable bonds is 6. The minimum atomic E-state index is -0.702. The standard InChI is InChI=1S/C28H20BrN3OS/c29-23-16-10-15-22(19-23)27-30-32(28(34)31(27)24-17-8-3-9-18-24)25(20-11-4-1-5-12-20)26(33)21-13-6-2-7-14-21/h1-19,25H/t25-/m1/s1. The summed E-state index contributed by atoms with van der Waals surface area (Å²) >= 11 is 9.53. The normalized spacial score (nSPS) is 11.8. The summed E-state index contributed by atoms with van der Waals surface area (Å²) in [4.78, 5) is 13.8. The lowest BCUT2D eigenvalue weighted by Crippen LogP contribution is -2.22. The topological polar surface area (TPSA) is 39.8 Å². The molecule has 0 aliphatic heterocycles. The maximum Gasteiger partial charge on any atom is 0.203 e. The van der Waals surface area contributed by atoms with E-state index in [0.29, 0.717) is 16.2 Å². The maximum atomic E-state index is 13.8. The number of benzene rings is 4. The average Bonchev–Trinajstić information content (AvgIpc) is 3.22. The Morgan fingerprint density at radius 1 is 0.794 bits per heavy atom. The summed E-state index contributed by atoms with van der Waals surface area (Å²) < 4.78 is 4.97. The fourth-order valence-electron chi connectivity index (χ4n) is 3.97. The van der Waals surface area contributed by atoms with Crippen molar-refractivity contribution in [1.29, 1.82) is 0 Å². The Kier molecular flexibility index (Phi) is 6.34. The van der Waals surface area contributed by atoms with Crippen LogP contribution in [0, 0.1) is 4.77 Å². The number of ketones is 1. The lowest BCUT2D eigenvalue weighted by Gasteiger charge is -2.17. The molecule has 0 N–H and O–H groups in total. The molecule has 34 heavy (non-hydrogen) atoms. The third-order valence-electron chi connectivity index (χ3n) is 5.57. The SMILES string of the molecule is O=C(c1ccccc1)[C@@H](c1ccccc1)n1nc(-c2cccc(Br)c2)n(-c2ccccc2)c1=S. The summed E-state index contributed by atoms with van der Waals surface area (Å²) in [6, 6.07) is 36.0. The highest BCUT2D eigenvalue weighted by Crippen LogP contribution is 2.29. The highest BCUT2D eigenvalue weighted by Gasteiger charge is 2.28. The number of carbonyl (C=O) groups excluding carboxylic acids is 1. The molecule has 4 aromatic carbocycles. The van der Waals surface area contributed by atoms with Gasteiger partial charge in [-0.15, -0.1) is 0 Å². The van der Waals surface area contributed by atoms with Crippen molar-refractivity contribution >= 4 is 33.9 Å². The van der Waals surface area contributed by atoms with Crippen molar-refractivity contribution in [1.82, 2.24) is 14.3 Å². The van der Waals surface area contributed by atoms with Crippen molar-refractivity contribution in [2.24, 2.45) is 0 Å². The monoisotopic (exact) mass is 525 g/mol. The fraction of sp³-hybridized carbons (Fsp3) is 0.0357. The van der Waals surface area contributed by atoms with E-state index in [0.717, 1.165) is 21.3 Å². The summed E-state index contributed by atoms with van der Waals surface area (Å²) in [7, 11) is 0. The van der Waals surface area contributed by atoms with Gasteiger partial charge in [-0.2, -0.15) is 5.10 Å². The molecular weight excluding hydrogens is 506 g/mol. The molecule has 0 saturated heterocycles. The third-order valence-corrected chi connectivity index (χ3v) is 6.43. The molecular formula is C28H20BrN3OS. The number of hydrogen-bond donors (Lipinski definition) is 0. The van der Waals surface area contributed by atoms with Gasteiger partial charge < -0.3 is 0 Å². The van der Waals surface area contributed by atoms with Crippen LogP contribution >= 0.6 is 28.1 Å². The third kappa shape index (κ3) is 4.30. The highest BCUT2D eigenvalue weighted by molar-refractivity contribution is 9.10. The van der Waals surface area contributed by atoms with Crippen LogP contribution in [0.15, 0.2) is 120 Å². The van der Waals surface area contributed by atoms with Gasteiger partial charge in [0, 0.05) is 21.3 Å². The maximum absolute atomic E-state index is 13.8. The molecule has 1 aromatic heterocycles. The molecule has 0 fully saturated rings. The molecule has 0 amide bonds. The van der Waals surface area contributed by atoms with E-state index >= 15 is 0 Å². The zero-order valence-electron chi connectivity index (χ0n) is 18.1. The molecule has 0 aliphatic rings. The molecule has 0 saturated carbocycles. The zero-order valence-corrected chi connectivity index (χ0v) is 20.5. The quantitative estimate of drug-likeness (QED) is 0.172. The molecule has 1 atom stereocenters. The summed E-state index contributed by atoms with van der Waals surface area (Å²) in [6.07, 6.45) is 0. The number of Topliss-reactive ketones (excluding diaryl/α,β-unsaturated/α-hetero) is 1. The first-order chi connectivity index (χ1) is 16.6. The molecule has 5 rings (SSSR count). The van der Waals surface area contributed by atoms with Gasteiger partial charge in [0.1, 0.15) is 6.04 Å². The van der Waals surface area contributed by atoms with E-state index in [1.54, 1.807) is 4.68 Å². The Balaban J connectivity index is 1.77. The van der Waals surface area contributed by atoms with Gasteiger partial charge in [0.25, 0.3) is 0 Å². The average molecular weight is 526 g/mol. The second-order valence-corrected chi connectivity index (χ2v) is 9.06. The molecule has 0 spiro atoms. The van der Waals surface area contributed by atoms with E-state index in [4.69, 9.17) is 17.3 Å². The van der Waals surface area contributed by atoms with Crippen LogP contribution in [0.1, 0.15) is 22.0 Å². The van der Waals surface area contributed by atoms with Crippen LogP contribution in [0.5, 0.6) is 0 Å². The second kappa shape index (κ2) is 9.71. The molecule has 5 aromatic rings. The van der Waals surface area contributed by atoms with Crippen LogP contribution in [0.25, 0.3) is 17.1 Å². The van der Waals surface area contributed by atoms with Crippen LogP contribution in [0.3, 0.4) is 0 Å². The first-order valence-electron chi connectivity index (χ1n) is 10.8. The Bertz CT molecular complexity index is 1500. The van der Waals surface area contributed by atoms with Crippen molar-refractivity contribution < 1.29 is 4.79 Å². The number of hydrogen-bond acceptors (Lipinski definition) is 3. The number of aromatic nitrogens is 3. The van der Waals surface area contributed by atoms with Gasteiger partial charge >= 0.3 is 0 Å². The van der Waals surface area contributed by atoms with E-state index in [2.05, 4.69) is 15.9 Å². The Morgan fingerprint density at radius 3 is 2.06 bits per heavy atom. The van der Waals surface area contributed by atoms with E-state index in [-0.39, 0.29) is 5.78 Å². The zero-order chi connectivity index (χ0) is 23.5. The number of nitrogens with zero attached hydrogens (tertiary/aromatic N) is 3. The van der Waals surface area contributed by atoms with Gasteiger partial charge in [-0.05, 0) is 42.0 Å². The Morgan fingerprint density at radius 2 is 1.41 bits per heavy atom. The van der Waals surface area contributed by atoms with E-state index in [1.807, 2.05) is 120 Å². The number of para-hydroxylation sites is 1. The van der Waals surface area contributed by atoms with Crippen molar-refractivity contribution in [2.75, 3.05) is 0 Å². The molecule has 0 aliphatic carbocycles. The minimum Gasteiger partial charge on any atom is -0.291 e. The van der Waals surface area contributed by atoms with Gasteiger partial charge in [-0.1, -0.05) is 107 Å². The lowest BCUT2D eigenvalue weighted by molar-refractivity contribution is 0.0939. The Labute approximate surface area is 211 Å². The molecule has 4 nitrogen and oxygen atoms in total. The van der Waals surface area contributed by atoms with Crippen molar-refractivity contribution in [3.63, 3.8) is 0 Å². The lowest BCUT2D eigenvalue weighted by atomic mass is 9.97. The summed E-state index contributed by atoms with van der Waals surface area (Å²) in [6.45, 7) is 0. The van der Waals surface area contributed by atoms with Gasteiger partial charge in [-0.3, -0.25) is 9.36 Å². The first kappa shape index (κ1) is 22.2. The van der Waals surface area contributed by atoms with Crippen molar-refractivity contribution in [3.05, 3.63) is 136 Å². The van der Waals surface area contributed by atoms with Gasteiger partial charge in [0.2, 0.25) is 4.77 Å². The molecule has 0 unspecified atom stereocenters. The summed E-state index contributed by atoms with van der Waals surface area (Å²) in [5.74, 6) is 0.598.